The summed E-state index contributed by atoms with van der Waals surface area (Å²) in [6.45, 7) is 0.480. The van der Waals surface area contributed by atoms with Crippen molar-refractivity contribution in [2.75, 3.05) is 19.5 Å². The highest BCUT2D eigenvalue weighted by molar-refractivity contribution is 7.80. The fourth-order valence-corrected chi connectivity index (χ4v) is 2.58. The molecule has 4 nitrogen and oxygen atoms in total. The topological polar surface area (TPSA) is 42.5 Å². The van der Waals surface area contributed by atoms with Crippen LogP contribution in [0.1, 0.15) is 5.56 Å². The summed E-state index contributed by atoms with van der Waals surface area (Å²) in [5.74, 6) is 1.37. The fourth-order valence-electron chi connectivity index (χ4n) is 1.92. The quantitative estimate of drug-likeness (QED) is 0.758. The van der Waals surface area contributed by atoms with E-state index in [1.54, 1.807) is 32.4 Å². The third-order valence-corrected chi connectivity index (χ3v) is 3.94. The lowest BCUT2D eigenvalue weighted by molar-refractivity contribution is 0.405. The Balaban J connectivity index is 2.02. The van der Waals surface area contributed by atoms with Gasteiger partial charge in [0.15, 0.2) is 5.11 Å². The maximum Gasteiger partial charge on any atom is 0.171 e. The molecule has 0 unspecified atom stereocenters. The third kappa shape index (κ3) is 4.89. The van der Waals surface area contributed by atoms with Crippen molar-refractivity contribution in [3.8, 4) is 11.5 Å². The number of ether oxygens (including phenoxy) is 2. The molecule has 0 fully saturated rings. The van der Waals surface area contributed by atoms with Crippen LogP contribution in [-0.2, 0) is 6.54 Å². The minimum Gasteiger partial charge on any atom is -0.497 e. The second-order valence-corrected chi connectivity index (χ2v) is 5.86. The lowest BCUT2D eigenvalue weighted by Crippen LogP contribution is -2.28. The molecule has 0 heterocycles. The lowest BCUT2D eigenvalue weighted by atomic mass is 10.2. The first-order chi connectivity index (χ1) is 11.0. The van der Waals surface area contributed by atoms with Crippen molar-refractivity contribution < 1.29 is 9.47 Å². The summed E-state index contributed by atoms with van der Waals surface area (Å²) in [6, 6.07) is 10.8. The van der Waals surface area contributed by atoms with Crippen molar-refractivity contribution in [3.05, 3.63) is 52.0 Å². The number of thiocarbonyl (C=S) groups is 1. The van der Waals surface area contributed by atoms with Crippen molar-refractivity contribution >= 4 is 46.2 Å². The van der Waals surface area contributed by atoms with Gasteiger partial charge in [0.05, 0.1) is 19.9 Å². The van der Waals surface area contributed by atoms with Crippen molar-refractivity contribution in [3.63, 3.8) is 0 Å². The van der Waals surface area contributed by atoms with E-state index in [2.05, 4.69) is 10.6 Å². The highest BCUT2D eigenvalue weighted by atomic mass is 35.5. The molecule has 2 rings (SSSR count). The molecule has 0 amide bonds. The van der Waals surface area contributed by atoms with E-state index in [-0.39, 0.29) is 0 Å². The van der Waals surface area contributed by atoms with Crippen LogP contribution in [-0.4, -0.2) is 19.3 Å². The minimum atomic E-state index is 0.447. The average molecular weight is 371 g/mol. The maximum atomic E-state index is 6.14. The number of halogens is 2. The molecule has 0 saturated carbocycles. The second-order valence-electron chi connectivity index (χ2n) is 4.61. The first kappa shape index (κ1) is 17.7. The van der Waals surface area contributed by atoms with Crippen LogP contribution in [0.4, 0.5) is 5.69 Å². The van der Waals surface area contributed by atoms with E-state index in [1.165, 1.54) is 0 Å². The van der Waals surface area contributed by atoms with E-state index in [1.807, 2.05) is 18.2 Å². The van der Waals surface area contributed by atoms with Gasteiger partial charge >= 0.3 is 0 Å². The standard InChI is InChI=1S/C16H16Cl2N2O2S/c1-21-12-5-6-15(22-2)14(8-12)20-16(23)19-9-10-3-4-11(17)7-13(10)18/h3-8H,9H2,1-2H3,(H2,19,20,23). The number of methoxy groups -OCH3 is 2. The summed E-state index contributed by atoms with van der Waals surface area (Å²) in [5.41, 5.74) is 1.62. The zero-order chi connectivity index (χ0) is 16.8. The van der Waals surface area contributed by atoms with Crippen LogP contribution in [0.3, 0.4) is 0 Å². The van der Waals surface area contributed by atoms with Crippen molar-refractivity contribution in [2.45, 2.75) is 6.54 Å². The predicted molar refractivity (Wildman–Crippen MR) is 99.1 cm³/mol. The van der Waals surface area contributed by atoms with E-state index < -0.39 is 0 Å². The van der Waals surface area contributed by atoms with Gasteiger partial charge in [-0.15, -0.1) is 0 Å². The van der Waals surface area contributed by atoms with Gasteiger partial charge in [-0.05, 0) is 42.0 Å². The Morgan fingerprint density at radius 2 is 1.87 bits per heavy atom. The minimum absolute atomic E-state index is 0.447. The zero-order valence-electron chi connectivity index (χ0n) is 12.7. The molecule has 2 aromatic rings. The SMILES string of the molecule is COc1ccc(OC)c(NC(=S)NCc2ccc(Cl)cc2Cl)c1. The molecule has 0 aromatic heterocycles. The molecule has 122 valence electrons. The van der Waals surface area contributed by atoms with E-state index in [9.17, 15) is 0 Å². The van der Waals surface area contributed by atoms with Crippen LogP contribution in [0.15, 0.2) is 36.4 Å². The van der Waals surface area contributed by atoms with Crippen LogP contribution < -0.4 is 20.1 Å². The van der Waals surface area contributed by atoms with Gasteiger partial charge in [-0.3, -0.25) is 0 Å². The maximum absolute atomic E-state index is 6.14. The van der Waals surface area contributed by atoms with Crippen molar-refractivity contribution in [1.29, 1.82) is 0 Å². The van der Waals surface area contributed by atoms with Gasteiger partial charge in [0.1, 0.15) is 11.5 Å². The Morgan fingerprint density at radius 3 is 2.52 bits per heavy atom. The van der Waals surface area contributed by atoms with Gasteiger partial charge in [0.25, 0.3) is 0 Å². The van der Waals surface area contributed by atoms with Gasteiger partial charge in [0.2, 0.25) is 0 Å². The number of hydrogen-bond acceptors (Lipinski definition) is 3. The first-order valence-electron chi connectivity index (χ1n) is 6.74. The number of benzene rings is 2. The average Bonchev–Trinajstić information content (AvgIpc) is 2.54. The molecule has 0 atom stereocenters. The Hall–Kier alpha value is -1.69. The number of nitrogens with one attached hydrogen (secondary N) is 2. The summed E-state index contributed by atoms with van der Waals surface area (Å²) >= 11 is 17.3. The highest BCUT2D eigenvalue weighted by Crippen LogP contribution is 2.28. The Bertz CT molecular complexity index is 710. The van der Waals surface area contributed by atoms with E-state index in [0.29, 0.717) is 38.9 Å². The number of hydrogen-bond donors (Lipinski definition) is 2. The monoisotopic (exact) mass is 370 g/mol. The van der Waals surface area contributed by atoms with E-state index in [0.717, 1.165) is 5.56 Å². The van der Waals surface area contributed by atoms with Crippen LogP contribution in [0.25, 0.3) is 0 Å². The predicted octanol–water partition coefficient (Wildman–Crippen LogP) is 4.50. The van der Waals surface area contributed by atoms with Crippen LogP contribution in [0, 0.1) is 0 Å². The van der Waals surface area contributed by atoms with Gasteiger partial charge in [-0.25, -0.2) is 0 Å². The zero-order valence-corrected chi connectivity index (χ0v) is 15.0. The second kappa shape index (κ2) is 8.24. The smallest absolute Gasteiger partial charge is 0.171 e. The third-order valence-electron chi connectivity index (χ3n) is 3.11. The van der Waals surface area contributed by atoms with Crippen molar-refractivity contribution in [2.24, 2.45) is 0 Å². The van der Waals surface area contributed by atoms with Gasteiger partial charge in [0, 0.05) is 22.7 Å². The summed E-state index contributed by atoms with van der Waals surface area (Å²) in [5, 5.41) is 7.81. The molecule has 0 aliphatic heterocycles. The molecule has 0 saturated heterocycles. The molecule has 0 spiro atoms. The molecule has 0 aliphatic rings. The van der Waals surface area contributed by atoms with Crippen LogP contribution >= 0.6 is 35.4 Å². The van der Waals surface area contributed by atoms with Gasteiger partial charge < -0.3 is 20.1 Å². The van der Waals surface area contributed by atoms with E-state index >= 15 is 0 Å². The molecule has 0 bridgehead atoms. The molecule has 2 N–H and O–H groups in total. The first-order valence-corrected chi connectivity index (χ1v) is 7.90. The Kier molecular flexibility index (Phi) is 6.33. The fraction of sp³-hybridized carbons (Fsp3) is 0.188. The Morgan fingerprint density at radius 1 is 1.09 bits per heavy atom. The number of rotatable bonds is 5. The molecule has 7 heteroatoms. The summed E-state index contributed by atoms with van der Waals surface area (Å²) in [6.07, 6.45) is 0. The molecule has 2 aromatic carbocycles. The van der Waals surface area contributed by atoms with Crippen LogP contribution in [0.2, 0.25) is 10.0 Å². The summed E-state index contributed by atoms with van der Waals surface area (Å²) in [4.78, 5) is 0. The highest BCUT2D eigenvalue weighted by Gasteiger charge is 2.08. The Labute approximate surface area is 150 Å². The molecular weight excluding hydrogens is 355 g/mol. The summed E-state index contributed by atoms with van der Waals surface area (Å²) in [7, 11) is 3.20. The largest absolute Gasteiger partial charge is 0.497 e. The molecule has 23 heavy (non-hydrogen) atoms. The summed E-state index contributed by atoms with van der Waals surface area (Å²) < 4.78 is 10.5. The number of anilines is 1. The van der Waals surface area contributed by atoms with Crippen molar-refractivity contribution in [1.82, 2.24) is 5.32 Å². The normalized spacial score (nSPS) is 10.1. The molecule has 0 aliphatic carbocycles. The van der Waals surface area contributed by atoms with E-state index in [4.69, 9.17) is 44.9 Å². The lowest BCUT2D eigenvalue weighted by Gasteiger charge is -2.15. The van der Waals surface area contributed by atoms with Gasteiger partial charge in [-0.1, -0.05) is 29.3 Å². The van der Waals surface area contributed by atoms with Gasteiger partial charge in [-0.2, -0.15) is 0 Å². The van der Waals surface area contributed by atoms with Crippen LogP contribution in [0.5, 0.6) is 11.5 Å². The molecular formula is C16H16Cl2N2O2S. The molecule has 0 radical (unpaired) electrons.